The molecule has 3 aromatic rings. The van der Waals surface area contributed by atoms with Gasteiger partial charge in [0.25, 0.3) is 11.8 Å². The molecule has 3 aliphatic carbocycles. The fourth-order valence-corrected chi connectivity index (χ4v) is 5.55. The van der Waals surface area contributed by atoms with Crippen molar-refractivity contribution in [2.75, 3.05) is 6.61 Å². The van der Waals surface area contributed by atoms with Crippen molar-refractivity contribution in [2.45, 2.75) is 50.1 Å². The number of rotatable bonds is 6. The molecule has 2 heterocycles. The van der Waals surface area contributed by atoms with E-state index in [4.69, 9.17) is 20.9 Å². The van der Waals surface area contributed by atoms with E-state index in [1.165, 1.54) is 12.1 Å². The van der Waals surface area contributed by atoms with Gasteiger partial charge in [0.1, 0.15) is 17.1 Å². The summed E-state index contributed by atoms with van der Waals surface area (Å²) in [6.45, 7) is 1.87. The number of nitrogens with zero attached hydrogens (tertiary/aromatic N) is 3. The van der Waals surface area contributed by atoms with Crippen molar-refractivity contribution in [3.8, 4) is 5.75 Å². The minimum atomic E-state index is -0.598. The van der Waals surface area contributed by atoms with Crippen molar-refractivity contribution in [1.29, 1.82) is 0 Å². The van der Waals surface area contributed by atoms with Crippen molar-refractivity contribution in [3.63, 3.8) is 0 Å². The van der Waals surface area contributed by atoms with Crippen molar-refractivity contribution >= 4 is 34.6 Å². The Bertz CT molecular complexity index is 1260. The lowest BCUT2D eigenvalue weighted by Gasteiger charge is -2.57. The fourth-order valence-electron chi connectivity index (χ4n) is 5.43. The van der Waals surface area contributed by atoms with Crippen LogP contribution in [0.25, 0.3) is 11.2 Å². The summed E-state index contributed by atoms with van der Waals surface area (Å²) >= 11 is 5.68. The number of hydrogen-bond donors (Lipinski definition) is 2. The van der Waals surface area contributed by atoms with Crippen LogP contribution < -0.4 is 15.4 Å². The smallest absolute Gasteiger partial charge is 0.292 e. The standard InChI is InChI=1S/C23H25ClFN5O4/c1-13-10-22(28-21(32)19-18-20(29-34-19)26-12-30(18)2)5-7-23(13,8-6-22)27-17(31)11-33-14-3-4-15(24)16(25)9-14/h3-4,9,12-13H,5-8,10-11H2,1-2H3,(H,27,31)(H,28,32). The normalized spacial score (nSPS) is 25.9. The number of ether oxygens (including phenoxy) is 1. The Morgan fingerprint density at radius 3 is 2.76 bits per heavy atom. The Hall–Kier alpha value is -3.14. The van der Waals surface area contributed by atoms with Gasteiger partial charge < -0.3 is 24.5 Å². The molecule has 3 aliphatic rings. The largest absolute Gasteiger partial charge is 0.484 e. The summed E-state index contributed by atoms with van der Waals surface area (Å²) in [7, 11) is 1.79. The lowest BCUT2D eigenvalue weighted by molar-refractivity contribution is -0.128. The summed E-state index contributed by atoms with van der Waals surface area (Å²) < 4.78 is 26.0. The Kier molecular flexibility index (Phi) is 5.50. The van der Waals surface area contributed by atoms with Crippen molar-refractivity contribution in [1.82, 2.24) is 25.3 Å². The SMILES string of the molecule is CC1CC2(NC(=O)c3onc4ncn(C)c34)CCC1(NC(=O)COc1ccc(Cl)c(F)c1)CC2. The predicted octanol–water partition coefficient (Wildman–Crippen LogP) is 3.37. The molecule has 180 valence electrons. The Morgan fingerprint density at radius 2 is 2.06 bits per heavy atom. The molecule has 0 spiro atoms. The maximum absolute atomic E-state index is 13.6. The number of nitrogens with one attached hydrogen (secondary N) is 2. The second-order valence-corrected chi connectivity index (χ2v) is 9.86. The van der Waals surface area contributed by atoms with Crippen LogP contribution in [0.15, 0.2) is 29.0 Å². The van der Waals surface area contributed by atoms with E-state index in [0.29, 0.717) is 11.2 Å². The van der Waals surface area contributed by atoms with Gasteiger partial charge in [-0.15, -0.1) is 0 Å². The number of carbonyl (C=O) groups excluding carboxylic acids is 2. The van der Waals surface area contributed by atoms with Crippen LogP contribution in [0, 0.1) is 11.7 Å². The molecule has 34 heavy (non-hydrogen) atoms. The third kappa shape index (κ3) is 3.89. The lowest BCUT2D eigenvalue weighted by Crippen LogP contribution is -2.67. The third-order valence-electron chi connectivity index (χ3n) is 7.33. The second kappa shape index (κ2) is 8.26. The number of fused-ring (bicyclic) bond motifs is 4. The van der Waals surface area contributed by atoms with Gasteiger partial charge in [-0.25, -0.2) is 9.37 Å². The summed E-state index contributed by atoms with van der Waals surface area (Å²) in [4.78, 5) is 29.8. The van der Waals surface area contributed by atoms with Crippen molar-refractivity contribution < 1.29 is 23.2 Å². The first-order valence-electron chi connectivity index (χ1n) is 11.2. The maximum atomic E-state index is 13.6. The monoisotopic (exact) mass is 489 g/mol. The van der Waals surface area contributed by atoms with Gasteiger partial charge in [0.05, 0.1) is 11.3 Å². The summed E-state index contributed by atoms with van der Waals surface area (Å²) in [5.41, 5.74) is 0.240. The van der Waals surface area contributed by atoms with Crippen LogP contribution in [0.3, 0.4) is 0 Å². The minimum Gasteiger partial charge on any atom is -0.484 e. The van der Waals surface area contributed by atoms with Gasteiger partial charge in [-0.3, -0.25) is 9.59 Å². The molecule has 0 aliphatic heterocycles. The van der Waals surface area contributed by atoms with Gasteiger partial charge in [0.2, 0.25) is 11.4 Å². The Labute approximate surface area is 200 Å². The van der Waals surface area contributed by atoms with Gasteiger partial charge >= 0.3 is 0 Å². The molecule has 3 saturated carbocycles. The van der Waals surface area contributed by atoms with Gasteiger partial charge in [-0.1, -0.05) is 23.7 Å². The van der Waals surface area contributed by atoms with E-state index in [-0.39, 0.29) is 51.9 Å². The highest BCUT2D eigenvalue weighted by molar-refractivity contribution is 6.30. The van der Waals surface area contributed by atoms with E-state index < -0.39 is 5.82 Å². The zero-order valence-electron chi connectivity index (χ0n) is 18.9. The van der Waals surface area contributed by atoms with Crippen LogP contribution in [0.4, 0.5) is 4.39 Å². The molecule has 11 heteroatoms. The minimum absolute atomic E-state index is 0.00227. The topological polar surface area (TPSA) is 111 Å². The van der Waals surface area contributed by atoms with Gasteiger partial charge in [-0.05, 0) is 50.2 Å². The summed E-state index contributed by atoms with van der Waals surface area (Å²) in [5.74, 6) is -0.630. The number of aromatic nitrogens is 3. The Balaban J connectivity index is 1.21. The zero-order valence-corrected chi connectivity index (χ0v) is 19.6. The molecule has 2 aromatic heterocycles. The maximum Gasteiger partial charge on any atom is 0.292 e. The lowest BCUT2D eigenvalue weighted by atomic mass is 9.56. The molecule has 2 amide bonds. The fraction of sp³-hybridized carbons (Fsp3) is 0.478. The van der Waals surface area contributed by atoms with Gasteiger partial charge in [0, 0.05) is 24.2 Å². The van der Waals surface area contributed by atoms with Crippen LogP contribution in [-0.2, 0) is 11.8 Å². The average Bonchev–Trinajstić information content (AvgIpc) is 3.39. The summed E-state index contributed by atoms with van der Waals surface area (Å²) in [6, 6.07) is 4.06. The number of benzene rings is 1. The van der Waals surface area contributed by atoms with Crippen LogP contribution in [0.2, 0.25) is 5.02 Å². The number of amides is 2. The average molecular weight is 490 g/mol. The molecule has 0 radical (unpaired) electrons. The van der Waals surface area contributed by atoms with Crippen molar-refractivity contribution in [3.05, 3.63) is 41.1 Å². The van der Waals surface area contributed by atoms with Crippen LogP contribution in [-0.4, -0.2) is 44.2 Å². The summed E-state index contributed by atoms with van der Waals surface area (Å²) in [6.07, 6.45) is 5.24. The second-order valence-electron chi connectivity index (χ2n) is 9.45. The van der Waals surface area contributed by atoms with Gasteiger partial charge in [0.15, 0.2) is 6.61 Å². The molecule has 6 rings (SSSR count). The van der Waals surface area contributed by atoms with E-state index in [1.807, 2.05) is 0 Å². The molecule has 2 N–H and O–H groups in total. The van der Waals surface area contributed by atoms with E-state index in [9.17, 15) is 14.0 Å². The quantitative estimate of drug-likeness (QED) is 0.549. The number of aryl methyl sites for hydroxylation is 1. The van der Waals surface area contributed by atoms with E-state index in [0.717, 1.165) is 38.2 Å². The summed E-state index contributed by atoms with van der Waals surface area (Å²) in [5, 5.41) is 10.2. The molecular weight excluding hydrogens is 465 g/mol. The van der Waals surface area contributed by atoms with Gasteiger partial charge in [-0.2, -0.15) is 0 Å². The number of hydrogen-bond acceptors (Lipinski definition) is 6. The van der Waals surface area contributed by atoms with Crippen LogP contribution in [0.1, 0.15) is 49.6 Å². The highest BCUT2D eigenvalue weighted by Crippen LogP contribution is 2.50. The first kappa shape index (κ1) is 22.6. The Morgan fingerprint density at radius 1 is 1.29 bits per heavy atom. The van der Waals surface area contributed by atoms with Crippen LogP contribution >= 0.6 is 11.6 Å². The highest BCUT2D eigenvalue weighted by Gasteiger charge is 2.54. The molecule has 1 aromatic carbocycles. The zero-order chi connectivity index (χ0) is 24.1. The molecular formula is C23H25ClFN5O4. The number of carbonyl (C=O) groups is 2. The molecule has 1 unspecified atom stereocenters. The molecule has 9 nitrogen and oxygen atoms in total. The van der Waals surface area contributed by atoms with E-state index in [1.54, 1.807) is 17.9 Å². The van der Waals surface area contributed by atoms with Crippen LogP contribution in [0.5, 0.6) is 5.75 Å². The first-order chi connectivity index (χ1) is 16.2. The number of halogens is 2. The molecule has 3 fully saturated rings. The predicted molar refractivity (Wildman–Crippen MR) is 121 cm³/mol. The van der Waals surface area contributed by atoms with E-state index >= 15 is 0 Å². The number of imidazole rings is 1. The highest BCUT2D eigenvalue weighted by atomic mass is 35.5. The van der Waals surface area contributed by atoms with E-state index in [2.05, 4.69) is 27.7 Å². The molecule has 1 atom stereocenters. The third-order valence-corrected chi connectivity index (χ3v) is 7.64. The first-order valence-corrected chi connectivity index (χ1v) is 11.6. The van der Waals surface area contributed by atoms with Crippen molar-refractivity contribution in [2.24, 2.45) is 13.0 Å². The molecule has 2 bridgehead atoms. The molecule has 0 saturated heterocycles.